The topological polar surface area (TPSA) is 80.8 Å². The molecule has 0 bridgehead atoms. The van der Waals surface area contributed by atoms with Crippen LogP contribution in [0.3, 0.4) is 0 Å². The average molecular weight is 311 g/mol. The Morgan fingerprint density at radius 1 is 1.25 bits per heavy atom. The molecule has 0 radical (unpaired) electrons. The first-order valence-corrected chi connectivity index (χ1v) is 7.38. The van der Waals surface area contributed by atoms with Crippen molar-refractivity contribution in [2.45, 2.75) is 24.0 Å². The first-order valence-electron chi connectivity index (χ1n) is 6.18. The minimum atomic E-state index is 0.191. The Kier molecular flexibility index (Phi) is 4.97. The molecule has 0 aromatic carbocycles. The van der Waals surface area contributed by atoms with E-state index >= 15 is 0 Å². The van der Waals surface area contributed by atoms with E-state index in [1.165, 1.54) is 11.8 Å². The van der Waals surface area contributed by atoms with Crippen LogP contribution >= 0.6 is 23.4 Å². The summed E-state index contributed by atoms with van der Waals surface area (Å²) in [4.78, 5) is 18.9. The number of hydrogen-bond donors (Lipinski definition) is 1. The molecule has 0 saturated carbocycles. The van der Waals surface area contributed by atoms with Crippen LogP contribution in [0.2, 0.25) is 5.02 Å². The molecule has 2 rings (SSSR count). The quantitative estimate of drug-likeness (QED) is 0.908. The molecule has 0 aliphatic rings. The van der Waals surface area contributed by atoms with Gasteiger partial charge in [0.25, 0.3) is 0 Å². The van der Waals surface area contributed by atoms with E-state index < -0.39 is 0 Å². The summed E-state index contributed by atoms with van der Waals surface area (Å²) < 4.78 is 0. The third-order valence-electron chi connectivity index (χ3n) is 2.58. The molecule has 2 aromatic rings. The van der Waals surface area contributed by atoms with Gasteiger partial charge in [0, 0.05) is 19.3 Å². The van der Waals surface area contributed by atoms with Crippen LogP contribution in [0, 0.1) is 0 Å². The van der Waals surface area contributed by atoms with Gasteiger partial charge in [-0.05, 0) is 37.7 Å². The number of rotatable bonds is 5. The van der Waals surface area contributed by atoms with Gasteiger partial charge in [0.2, 0.25) is 17.1 Å². The Labute approximate surface area is 126 Å². The highest BCUT2D eigenvalue weighted by atomic mass is 35.5. The smallest absolute Gasteiger partial charge is 0.231 e. The van der Waals surface area contributed by atoms with Crippen molar-refractivity contribution in [3.05, 3.63) is 23.4 Å². The second-order valence-corrected chi connectivity index (χ2v) is 5.20. The number of anilines is 2. The van der Waals surface area contributed by atoms with Crippen LogP contribution in [0.15, 0.2) is 28.5 Å². The van der Waals surface area contributed by atoms with Crippen LogP contribution in [0.25, 0.3) is 0 Å². The maximum atomic E-state index is 6.07. The monoisotopic (exact) mass is 310 g/mol. The van der Waals surface area contributed by atoms with E-state index in [0.717, 1.165) is 13.1 Å². The number of nitrogen functional groups attached to an aromatic ring is 1. The van der Waals surface area contributed by atoms with Gasteiger partial charge < -0.3 is 10.6 Å². The molecule has 20 heavy (non-hydrogen) atoms. The van der Waals surface area contributed by atoms with Gasteiger partial charge in [0.1, 0.15) is 5.03 Å². The zero-order chi connectivity index (χ0) is 14.5. The third-order valence-corrected chi connectivity index (χ3v) is 3.88. The second-order valence-electron chi connectivity index (χ2n) is 3.84. The summed E-state index contributed by atoms with van der Waals surface area (Å²) in [5.41, 5.74) is 5.74. The summed E-state index contributed by atoms with van der Waals surface area (Å²) >= 11 is 7.34. The Bertz CT molecular complexity index is 590. The molecule has 0 unspecified atom stereocenters. The molecule has 2 N–H and O–H groups in total. The molecule has 0 aliphatic carbocycles. The number of nitrogens with two attached hydrogens (primary N) is 1. The fourth-order valence-electron chi connectivity index (χ4n) is 1.59. The summed E-state index contributed by atoms with van der Waals surface area (Å²) in [7, 11) is 0. The molecular weight excluding hydrogens is 296 g/mol. The summed E-state index contributed by atoms with van der Waals surface area (Å²) in [6.45, 7) is 5.67. The summed E-state index contributed by atoms with van der Waals surface area (Å²) in [5, 5.41) is 1.69. The van der Waals surface area contributed by atoms with Crippen molar-refractivity contribution in [3.63, 3.8) is 0 Å². The number of aromatic nitrogens is 4. The fourth-order valence-corrected chi connectivity index (χ4v) is 2.54. The van der Waals surface area contributed by atoms with E-state index in [1.807, 2.05) is 18.7 Å². The standard InChI is InChI=1S/C12H15ClN6S/c1-3-19(4-2)11-16-10(14)17-12(18-11)20-9-8(13)6-5-7-15-9/h5-7H,3-4H2,1-2H3,(H2,14,16,17,18). The van der Waals surface area contributed by atoms with E-state index in [9.17, 15) is 0 Å². The Balaban J connectivity index is 2.31. The first kappa shape index (κ1) is 14.8. The zero-order valence-corrected chi connectivity index (χ0v) is 12.8. The van der Waals surface area contributed by atoms with Gasteiger partial charge in [-0.1, -0.05) is 11.6 Å². The lowest BCUT2D eigenvalue weighted by Crippen LogP contribution is -2.25. The van der Waals surface area contributed by atoms with Crippen molar-refractivity contribution in [1.29, 1.82) is 0 Å². The van der Waals surface area contributed by atoms with E-state index in [4.69, 9.17) is 17.3 Å². The lowest BCUT2D eigenvalue weighted by molar-refractivity contribution is 0.786. The highest BCUT2D eigenvalue weighted by molar-refractivity contribution is 7.99. The number of hydrogen-bond acceptors (Lipinski definition) is 7. The van der Waals surface area contributed by atoms with E-state index in [-0.39, 0.29) is 5.95 Å². The van der Waals surface area contributed by atoms with E-state index in [2.05, 4.69) is 19.9 Å². The van der Waals surface area contributed by atoms with Gasteiger partial charge in [0.15, 0.2) is 0 Å². The third kappa shape index (κ3) is 3.49. The Morgan fingerprint density at radius 3 is 2.65 bits per heavy atom. The van der Waals surface area contributed by atoms with Gasteiger partial charge in [-0.25, -0.2) is 4.98 Å². The van der Waals surface area contributed by atoms with Crippen molar-refractivity contribution < 1.29 is 0 Å². The molecule has 6 nitrogen and oxygen atoms in total. The lowest BCUT2D eigenvalue weighted by Gasteiger charge is -2.18. The van der Waals surface area contributed by atoms with Crippen LogP contribution in [-0.4, -0.2) is 33.0 Å². The average Bonchev–Trinajstić information content (AvgIpc) is 2.42. The molecule has 0 saturated heterocycles. The largest absolute Gasteiger partial charge is 0.368 e. The SMILES string of the molecule is CCN(CC)c1nc(N)nc(Sc2ncccc2Cl)n1. The first-order chi connectivity index (χ1) is 9.63. The second kappa shape index (κ2) is 6.71. The van der Waals surface area contributed by atoms with Crippen molar-refractivity contribution in [2.24, 2.45) is 0 Å². The van der Waals surface area contributed by atoms with Crippen LogP contribution in [0.5, 0.6) is 0 Å². The van der Waals surface area contributed by atoms with Crippen molar-refractivity contribution in [3.8, 4) is 0 Å². The van der Waals surface area contributed by atoms with Crippen molar-refractivity contribution in [1.82, 2.24) is 19.9 Å². The van der Waals surface area contributed by atoms with E-state index in [0.29, 0.717) is 21.2 Å². The van der Waals surface area contributed by atoms with Gasteiger partial charge in [0.05, 0.1) is 5.02 Å². The minimum Gasteiger partial charge on any atom is -0.368 e. The molecule has 0 fully saturated rings. The molecule has 0 spiro atoms. The molecule has 106 valence electrons. The van der Waals surface area contributed by atoms with Crippen LogP contribution in [0.4, 0.5) is 11.9 Å². The predicted octanol–water partition coefficient (Wildman–Crippen LogP) is 2.50. The van der Waals surface area contributed by atoms with E-state index in [1.54, 1.807) is 18.3 Å². The highest BCUT2D eigenvalue weighted by Crippen LogP contribution is 2.29. The van der Waals surface area contributed by atoms with Gasteiger partial charge >= 0.3 is 0 Å². The van der Waals surface area contributed by atoms with Crippen molar-refractivity contribution in [2.75, 3.05) is 23.7 Å². The molecule has 0 atom stereocenters. The summed E-state index contributed by atoms with van der Waals surface area (Å²) in [6, 6.07) is 3.54. The van der Waals surface area contributed by atoms with Crippen LogP contribution in [-0.2, 0) is 0 Å². The van der Waals surface area contributed by atoms with Crippen molar-refractivity contribution >= 4 is 35.3 Å². The Hall–Kier alpha value is -1.60. The molecule has 2 aromatic heterocycles. The lowest BCUT2D eigenvalue weighted by atomic mass is 10.5. The maximum absolute atomic E-state index is 6.07. The fraction of sp³-hybridized carbons (Fsp3) is 0.333. The minimum absolute atomic E-state index is 0.191. The molecular formula is C12H15ClN6S. The predicted molar refractivity (Wildman–Crippen MR) is 81.2 cm³/mol. The summed E-state index contributed by atoms with van der Waals surface area (Å²) in [6.07, 6.45) is 1.67. The van der Waals surface area contributed by atoms with Crippen LogP contribution < -0.4 is 10.6 Å². The number of pyridine rings is 1. The normalized spacial score (nSPS) is 10.6. The van der Waals surface area contributed by atoms with Gasteiger partial charge in [-0.2, -0.15) is 15.0 Å². The molecule has 0 aliphatic heterocycles. The number of nitrogens with zero attached hydrogens (tertiary/aromatic N) is 5. The zero-order valence-electron chi connectivity index (χ0n) is 11.2. The Morgan fingerprint density at radius 2 is 2.00 bits per heavy atom. The van der Waals surface area contributed by atoms with Gasteiger partial charge in [-0.15, -0.1) is 0 Å². The molecule has 0 amide bonds. The highest BCUT2D eigenvalue weighted by Gasteiger charge is 2.12. The maximum Gasteiger partial charge on any atom is 0.231 e. The molecule has 8 heteroatoms. The number of halogens is 1. The van der Waals surface area contributed by atoms with Gasteiger partial charge in [-0.3, -0.25) is 0 Å². The summed E-state index contributed by atoms with van der Waals surface area (Å²) in [5.74, 6) is 0.758. The van der Waals surface area contributed by atoms with Crippen LogP contribution in [0.1, 0.15) is 13.8 Å². The molecule has 2 heterocycles.